The van der Waals surface area contributed by atoms with Crippen molar-refractivity contribution < 1.29 is 13.5 Å². The molecule has 0 bridgehead atoms. The molecule has 0 amide bonds. The van der Waals surface area contributed by atoms with Gasteiger partial charge in [0.15, 0.2) is 9.84 Å². The van der Waals surface area contributed by atoms with Gasteiger partial charge in [-0.05, 0) is 24.0 Å². The highest BCUT2D eigenvalue weighted by atomic mass is 32.2. The number of aryl methyl sites for hydroxylation is 1. The molecule has 94 valence electrons. The summed E-state index contributed by atoms with van der Waals surface area (Å²) in [5, 5.41) is 10.3. The van der Waals surface area contributed by atoms with Gasteiger partial charge < -0.3 is 5.11 Å². The van der Waals surface area contributed by atoms with Gasteiger partial charge in [0, 0.05) is 5.92 Å². The number of hydrogen-bond donors (Lipinski definition) is 1. The zero-order valence-electron chi connectivity index (χ0n) is 9.96. The Morgan fingerprint density at radius 1 is 1.41 bits per heavy atom. The zero-order chi connectivity index (χ0) is 12.5. The van der Waals surface area contributed by atoms with Gasteiger partial charge in [0.1, 0.15) is 0 Å². The first kappa shape index (κ1) is 12.6. The van der Waals surface area contributed by atoms with Crippen molar-refractivity contribution in [1.82, 2.24) is 0 Å². The minimum Gasteiger partial charge on any atom is -0.388 e. The van der Waals surface area contributed by atoms with Crippen LogP contribution in [0, 0.1) is 5.92 Å². The van der Waals surface area contributed by atoms with E-state index in [0.29, 0.717) is 6.42 Å². The van der Waals surface area contributed by atoms with Crippen molar-refractivity contribution in [2.24, 2.45) is 5.92 Å². The van der Waals surface area contributed by atoms with E-state index in [-0.39, 0.29) is 17.4 Å². The minimum absolute atomic E-state index is 0.117. The lowest BCUT2D eigenvalue weighted by Gasteiger charge is -2.19. The number of benzene rings is 1. The van der Waals surface area contributed by atoms with E-state index in [1.54, 1.807) is 0 Å². The second-order valence-corrected chi connectivity index (χ2v) is 6.89. The fourth-order valence-electron chi connectivity index (χ4n) is 2.47. The van der Waals surface area contributed by atoms with E-state index in [1.165, 1.54) is 0 Å². The average Bonchev–Trinajstić information content (AvgIpc) is 2.68. The lowest BCUT2D eigenvalue weighted by molar-refractivity contribution is 0.120. The van der Waals surface area contributed by atoms with E-state index in [2.05, 4.69) is 0 Å². The van der Waals surface area contributed by atoms with Gasteiger partial charge in [0.05, 0.1) is 17.6 Å². The Labute approximate surface area is 102 Å². The number of rotatable bonds is 3. The predicted molar refractivity (Wildman–Crippen MR) is 67.5 cm³/mol. The van der Waals surface area contributed by atoms with Gasteiger partial charge >= 0.3 is 0 Å². The summed E-state index contributed by atoms with van der Waals surface area (Å²) < 4.78 is 22.8. The Morgan fingerprint density at radius 3 is 2.71 bits per heavy atom. The summed E-state index contributed by atoms with van der Waals surface area (Å²) in [5.74, 6) is 0.183. The fourth-order valence-corrected chi connectivity index (χ4v) is 4.30. The van der Waals surface area contributed by atoms with E-state index in [0.717, 1.165) is 17.5 Å². The Hall–Kier alpha value is -0.870. The average molecular weight is 254 g/mol. The van der Waals surface area contributed by atoms with Crippen LogP contribution in [0.1, 0.15) is 30.6 Å². The largest absolute Gasteiger partial charge is 0.388 e. The molecule has 1 aliphatic rings. The van der Waals surface area contributed by atoms with Crippen LogP contribution < -0.4 is 0 Å². The van der Waals surface area contributed by atoms with Gasteiger partial charge in [0.25, 0.3) is 0 Å². The third-order valence-electron chi connectivity index (χ3n) is 3.47. The highest BCUT2D eigenvalue weighted by Gasteiger charge is 2.34. The molecule has 0 aromatic heterocycles. The van der Waals surface area contributed by atoms with Crippen molar-refractivity contribution in [1.29, 1.82) is 0 Å². The van der Waals surface area contributed by atoms with Crippen LogP contribution in [0.4, 0.5) is 0 Å². The van der Waals surface area contributed by atoms with Crippen LogP contribution in [0.25, 0.3) is 0 Å². The van der Waals surface area contributed by atoms with Crippen LogP contribution in [-0.4, -0.2) is 25.0 Å². The number of aliphatic hydroxyl groups is 1. The summed E-state index contributed by atoms with van der Waals surface area (Å²) >= 11 is 0. The van der Waals surface area contributed by atoms with Crippen LogP contribution in [0.3, 0.4) is 0 Å². The second kappa shape index (κ2) is 4.78. The first-order chi connectivity index (χ1) is 8.03. The van der Waals surface area contributed by atoms with E-state index in [1.807, 2.05) is 31.2 Å². The van der Waals surface area contributed by atoms with E-state index in [9.17, 15) is 13.5 Å². The highest BCUT2D eigenvalue weighted by molar-refractivity contribution is 7.91. The van der Waals surface area contributed by atoms with Crippen LogP contribution in [0.5, 0.6) is 0 Å². The number of hydrogen-bond acceptors (Lipinski definition) is 3. The third kappa shape index (κ3) is 2.69. The number of sulfone groups is 1. The molecule has 2 rings (SSSR count). The smallest absolute Gasteiger partial charge is 0.150 e. The summed E-state index contributed by atoms with van der Waals surface area (Å²) in [6.45, 7) is 2.04. The molecule has 1 saturated heterocycles. The van der Waals surface area contributed by atoms with Crippen molar-refractivity contribution in [3.05, 3.63) is 35.4 Å². The summed E-state index contributed by atoms with van der Waals surface area (Å²) in [6, 6.07) is 7.72. The summed E-state index contributed by atoms with van der Waals surface area (Å²) in [7, 11) is -2.93. The van der Waals surface area contributed by atoms with Crippen LogP contribution >= 0.6 is 0 Å². The maximum atomic E-state index is 11.4. The Morgan fingerprint density at radius 2 is 2.12 bits per heavy atom. The summed E-state index contributed by atoms with van der Waals surface area (Å²) in [5.41, 5.74) is 1.99. The molecule has 3 nitrogen and oxygen atoms in total. The van der Waals surface area contributed by atoms with Crippen LogP contribution in [0.15, 0.2) is 24.3 Å². The molecule has 4 heteroatoms. The zero-order valence-corrected chi connectivity index (χ0v) is 10.8. The maximum absolute atomic E-state index is 11.4. The first-order valence-electron chi connectivity index (χ1n) is 6.00. The molecule has 2 unspecified atom stereocenters. The van der Waals surface area contributed by atoms with Gasteiger partial charge in [-0.2, -0.15) is 0 Å². The van der Waals surface area contributed by atoms with Crippen LogP contribution in [-0.2, 0) is 16.3 Å². The Balaban J connectivity index is 2.23. The monoisotopic (exact) mass is 254 g/mol. The molecule has 17 heavy (non-hydrogen) atoms. The van der Waals surface area contributed by atoms with Gasteiger partial charge in [-0.1, -0.05) is 31.2 Å². The topological polar surface area (TPSA) is 54.4 Å². The van der Waals surface area contributed by atoms with E-state index < -0.39 is 15.9 Å². The van der Waals surface area contributed by atoms with Crippen molar-refractivity contribution in [2.45, 2.75) is 25.9 Å². The fraction of sp³-hybridized carbons (Fsp3) is 0.538. The van der Waals surface area contributed by atoms with Crippen molar-refractivity contribution >= 4 is 9.84 Å². The highest BCUT2D eigenvalue weighted by Crippen LogP contribution is 2.32. The molecule has 0 spiro atoms. The van der Waals surface area contributed by atoms with Crippen LogP contribution in [0.2, 0.25) is 0 Å². The van der Waals surface area contributed by atoms with Gasteiger partial charge in [0.2, 0.25) is 0 Å². The Kier molecular flexibility index (Phi) is 3.54. The SMILES string of the molecule is CCc1ccccc1C(O)C1CCS(=O)(=O)C1. The molecule has 1 N–H and O–H groups in total. The number of aliphatic hydroxyl groups excluding tert-OH is 1. The molecule has 0 aliphatic carbocycles. The molecule has 1 aromatic rings. The molecule has 1 aromatic carbocycles. The molecule has 1 fully saturated rings. The third-order valence-corrected chi connectivity index (χ3v) is 5.26. The van der Waals surface area contributed by atoms with Crippen molar-refractivity contribution in [3.63, 3.8) is 0 Å². The maximum Gasteiger partial charge on any atom is 0.150 e. The second-order valence-electron chi connectivity index (χ2n) is 4.66. The quantitative estimate of drug-likeness (QED) is 0.893. The molecular weight excluding hydrogens is 236 g/mol. The molecule has 0 radical (unpaired) electrons. The Bertz CT molecular complexity index is 493. The van der Waals surface area contributed by atoms with E-state index >= 15 is 0 Å². The molecule has 1 heterocycles. The lowest BCUT2D eigenvalue weighted by atomic mass is 9.91. The molecular formula is C13H18O3S. The van der Waals surface area contributed by atoms with Gasteiger partial charge in [-0.25, -0.2) is 8.42 Å². The standard InChI is InChI=1S/C13H18O3S/c1-2-10-5-3-4-6-12(10)13(14)11-7-8-17(15,16)9-11/h3-6,11,13-14H,2,7-9H2,1H3. The minimum atomic E-state index is -2.93. The lowest BCUT2D eigenvalue weighted by Crippen LogP contribution is -2.15. The summed E-state index contributed by atoms with van der Waals surface area (Å²) in [4.78, 5) is 0. The molecule has 0 saturated carbocycles. The van der Waals surface area contributed by atoms with E-state index in [4.69, 9.17) is 0 Å². The summed E-state index contributed by atoms with van der Waals surface area (Å²) in [6.07, 6.45) is 0.775. The van der Waals surface area contributed by atoms with Crippen molar-refractivity contribution in [3.8, 4) is 0 Å². The van der Waals surface area contributed by atoms with Crippen molar-refractivity contribution in [2.75, 3.05) is 11.5 Å². The molecule has 1 aliphatic heterocycles. The first-order valence-corrected chi connectivity index (χ1v) is 7.82. The van der Waals surface area contributed by atoms with Gasteiger partial charge in [-0.15, -0.1) is 0 Å². The normalized spacial score (nSPS) is 24.7. The molecule has 2 atom stereocenters. The predicted octanol–water partition coefficient (Wildman–Crippen LogP) is 1.72. The van der Waals surface area contributed by atoms with Gasteiger partial charge in [-0.3, -0.25) is 0 Å².